The first-order chi connectivity index (χ1) is 13.1. The van der Waals surface area contributed by atoms with Crippen molar-refractivity contribution in [3.63, 3.8) is 0 Å². The Labute approximate surface area is 169 Å². The molecule has 0 aliphatic carbocycles. The molecule has 0 unspecified atom stereocenters. The van der Waals surface area contributed by atoms with Crippen LogP contribution >= 0.6 is 23.1 Å². The zero-order chi connectivity index (χ0) is 19.2. The molecular formula is C22H24N2OS2. The molecule has 0 saturated carbocycles. The van der Waals surface area contributed by atoms with E-state index >= 15 is 0 Å². The number of thiazole rings is 1. The van der Waals surface area contributed by atoms with Gasteiger partial charge in [0.2, 0.25) is 5.91 Å². The number of carbonyl (C=O) groups is 1. The Kier molecular flexibility index (Phi) is 6.69. The second kappa shape index (κ2) is 9.20. The fraction of sp³-hybridized carbons (Fsp3) is 0.273. The molecular weight excluding hydrogens is 372 g/mol. The van der Waals surface area contributed by atoms with Crippen molar-refractivity contribution in [2.45, 2.75) is 32.9 Å². The van der Waals surface area contributed by atoms with Gasteiger partial charge in [0.1, 0.15) is 5.01 Å². The Morgan fingerprint density at radius 3 is 2.63 bits per heavy atom. The van der Waals surface area contributed by atoms with Gasteiger partial charge in [-0.05, 0) is 31.4 Å². The van der Waals surface area contributed by atoms with Crippen LogP contribution in [0.5, 0.6) is 0 Å². The van der Waals surface area contributed by atoms with Crippen LogP contribution in [0.3, 0.4) is 0 Å². The van der Waals surface area contributed by atoms with E-state index < -0.39 is 0 Å². The van der Waals surface area contributed by atoms with Gasteiger partial charge in [0.25, 0.3) is 0 Å². The quantitative estimate of drug-likeness (QED) is 0.544. The summed E-state index contributed by atoms with van der Waals surface area (Å²) in [6.07, 6.45) is 0.909. The third-order valence-corrected chi connectivity index (χ3v) is 6.73. The van der Waals surface area contributed by atoms with Gasteiger partial charge in [-0.1, -0.05) is 55.5 Å². The van der Waals surface area contributed by atoms with Gasteiger partial charge in [0.05, 0.1) is 11.4 Å². The number of hydrogen-bond donors (Lipinski definition) is 1. The van der Waals surface area contributed by atoms with E-state index in [0.29, 0.717) is 5.75 Å². The zero-order valence-electron chi connectivity index (χ0n) is 15.9. The monoisotopic (exact) mass is 396 g/mol. The van der Waals surface area contributed by atoms with E-state index in [-0.39, 0.29) is 5.91 Å². The number of carbonyl (C=O) groups excluding carboxylic acids is 1. The Bertz CT molecular complexity index is 919. The van der Waals surface area contributed by atoms with Gasteiger partial charge in [-0.25, -0.2) is 4.98 Å². The molecule has 0 radical (unpaired) electrons. The molecule has 3 nitrogen and oxygen atoms in total. The largest absolute Gasteiger partial charge is 0.325 e. The van der Waals surface area contributed by atoms with Crippen LogP contribution in [0, 0.1) is 13.8 Å². The molecule has 27 heavy (non-hydrogen) atoms. The Balaban J connectivity index is 1.57. The molecule has 0 fully saturated rings. The van der Waals surface area contributed by atoms with Crippen molar-refractivity contribution in [3.8, 4) is 10.6 Å². The number of benzene rings is 2. The van der Waals surface area contributed by atoms with Crippen LogP contribution in [-0.4, -0.2) is 16.6 Å². The number of anilines is 1. The maximum atomic E-state index is 12.4. The Hall–Kier alpha value is -2.11. The van der Waals surface area contributed by atoms with Crippen LogP contribution in [0.15, 0.2) is 48.5 Å². The number of thioether (sulfide) groups is 1. The minimum Gasteiger partial charge on any atom is -0.325 e. The fourth-order valence-electron chi connectivity index (χ4n) is 2.88. The van der Waals surface area contributed by atoms with Crippen molar-refractivity contribution >= 4 is 34.7 Å². The number of aryl methyl sites for hydroxylation is 3. The lowest BCUT2D eigenvalue weighted by Gasteiger charge is -2.12. The molecule has 3 rings (SSSR count). The van der Waals surface area contributed by atoms with Gasteiger partial charge < -0.3 is 5.32 Å². The molecule has 140 valence electrons. The number of nitrogens with one attached hydrogen (secondary N) is 1. The van der Waals surface area contributed by atoms with Crippen LogP contribution in [0.2, 0.25) is 0 Å². The molecule has 2 aromatic carbocycles. The van der Waals surface area contributed by atoms with Crippen LogP contribution in [0.1, 0.15) is 28.6 Å². The molecule has 1 amide bonds. The first kappa shape index (κ1) is 19.6. The molecule has 0 atom stereocenters. The summed E-state index contributed by atoms with van der Waals surface area (Å²) >= 11 is 3.35. The number of hydrogen-bond acceptors (Lipinski definition) is 4. The van der Waals surface area contributed by atoms with E-state index in [1.807, 2.05) is 44.2 Å². The predicted molar refractivity (Wildman–Crippen MR) is 118 cm³/mol. The van der Waals surface area contributed by atoms with E-state index in [1.165, 1.54) is 10.4 Å². The number of amides is 1. The fourth-order valence-corrected chi connectivity index (χ4v) is 4.98. The second-order valence-corrected chi connectivity index (χ2v) is 8.47. The highest BCUT2D eigenvalue weighted by Crippen LogP contribution is 2.30. The zero-order valence-corrected chi connectivity index (χ0v) is 17.5. The van der Waals surface area contributed by atoms with Crippen molar-refractivity contribution in [2.24, 2.45) is 0 Å². The highest BCUT2D eigenvalue weighted by molar-refractivity contribution is 7.99. The molecule has 1 heterocycles. The van der Waals surface area contributed by atoms with E-state index in [4.69, 9.17) is 0 Å². The summed E-state index contributed by atoms with van der Waals surface area (Å²) in [5.74, 6) is 1.29. The van der Waals surface area contributed by atoms with E-state index in [2.05, 4.69) is 35.4 Å². The Morgan fingerprint density at radius 2 is 1.89 bits per heavy atom. The minimum absolute atomic E-state index is 0.0504. The maximum Gasteiger partial charge on any atom is 0.234 e. The van der Waals surface area contributed by atoms with Gasteiger partial charge in [0, 0.05) is 21.9 Å². The van der Waals surface area contributed by atoms with Crippen LogP contribution in [-0.2, 0) is 17.0 Å². The van der Waals surface area contributed by atoms with Crippen molar-refractivity contribution in [2.75, 3.05) is 11.1 Å². The SMILES string of the molecule is CCc1cccc(C)c1NC(=O)CSCc1sc(-c2ccccc2)nc1C. The second-order valence-electron chi connectivity index (χ2n) is 6.40. The lowest BCUT2D eigenvalue weighted by molar-refractivity contribution is -0.113. The third kappa shape index (κ3) is 4.99. The predicted octanol–water partition coefficient (Wildman–Crippen LogP) is 5.86. The molecule has 0 bridgehead atoms. The normalized spacial score (nSPS) is 10.8. The number of aromatic nitrogens is 1. The molecule has 0 saturated heterocycles. The van der Waals surface area contributed by atoms with Gasteiger partial charge in [-0.3, -0.25) is 4.79 Å². The summed E-state index contributed by atoms with van der Waals surface area (Å²) in [7, 11) is 0. The summed E-state index contributed by atoms with van der Waals surface area (Å²) in [5, 5.41) is 4.13. The van der Waals surface area contributed by atoms with Crippen LogP contribution in [0.25, 0.3) is 10.6 Å². The summed E-state index contributed by atoms with van der Waals surface area (Å²) in [5.41, 5.74) is 5.45. The van der Waals surface area contributed by atoms with Gasteiger partial charge >= 0.3 is 0 Å². The number of nitrogens with zero attached hydrogens (tertiary/aromatic N) is 1. The lowest BCUT2D eigenvalue weighted by Crippen LogP contribution is -2.16. The average Bonchev–Trinajstić information content (AvgIpc) is 3.05. The summed E-state index contributed by atoms with van der Waals surface area (Å²) < 4.78 is 0. The van der Waals surface area contributed by atoms with E-state index in [1.54, 1.807) is 23.1 Å². The summed E-state index contributed by atoms with van der Waals surface area (Å²) in [6.45, 7) is 6.18. The van der Waals surface area contributed by atoms with Crippen molar-refractivity contribution in [1.29, 1.82) is 0 Å². The van der Waals surface area contributed by atoms with Crippen molar-refractivity contribution in [3.05, 3.63) is 70.2 Å². The smallest absolute Gasteiger partial charge is 0.234 e. The van der Waals surface area contributed by atoms with Gasteiger partial charge in [-0.15, -0.1) is 23.1 Å². The first-order valence-electron chi connectivity index (χ1n) is 9.06. The van der Waals surface area contributed by atoms with Gasteiger partial charge in [0.15, 0.2) is 0 Å². The third-order valence-electron chi connectivity index (χ3n) is 4.38. The first-order valence-corrected chi connectivity index (χ1v) is 11.0. The minimum atomic E-state index is 0.0504. The average molecular weight is 397 g/mol. The number of rotatable bonds is 7. The number of para-hydroxylation sites is 1. The van der Waals surface area contributed by atoms with Crippen molar-refractivity contribution in [1.82, 2.24) is 4.98 Å². The topological polar surface area (TPSA) is 42.0 Å². The van der Waals surface area contributed by atoms with Crippen LogP contribution in [0.4, 0.5) is 5.69 Å². The molecule has 1 N–H and O–H groups in total. The van der Waals surface area contributed by atoms with E-state index in [0.717, 1.165) is 39.7 Å². The lowest BCUT2D eigenvalue weighted by atomic mass is 10.1. The van der Waals surface area contributed by atoms with E-state index in [9.17, 15) is 4.79 Å². The maximum absolute atomic E-state index is 12.4. The molecule has 0 aliphatic rings. The summed E-state index contributed by atoms with van der Waals surface area (Å²) in [6, 6.07) is 16.4. The molecule has 0 aliphatic heterocycles. The highest BCUT2D eigenvalue weighted by Gasteiger charge is 2.12. The Morgan fingerprint density at radius 1 is 1.11 bits per heavy atom. The van der Waals surface area contributed by atoms with Crippen molar-refractivity contribution < 1.29 is 4.79 Å². The summed E-state index contributed by atoms with van der Waals surface area (Å²) in [4.78, 5) is 18.3. The highest BCUT2D eigenvalue weighted by atomic mass is 32.2. The molecule has 1 aromatic heterocycles. The van der Waals surface area contributed by atoms with Gasteiger partial charge in [-0.2, -0.15) is 0 Å². The molecule has 5 heteroatoms. The van der Waals surface area contributed by atoms with Crippen LogP contribution < -0.4 is 5.32 Å². The standard InChI is InChI=1S/C22H24N2OS2/c1-4-17-12-8-9-15(2)21(17)24-20(25)14-26-13-19-16(3)23-22(27-19)18-10-6-5-7-11-18/h5-12H,4,13-14H2,1-3H3,(H,24,25). The molecule has 3 aromatic rings. The molecule has 0 spiro atoms.